The number of hydrogen-bond donors (Lipinski definition) is 0. The molecule has 1 saturated heterocycles. The molecule has 4 aromatic rings. The third-order valence-electron chi connectivity index (χ3n) is 8.32. The zero-order chi connectivity index (χ0) is 29.3. The van der Waals surface area contributed by atoms with Gasteiger partial charge in [-0.1, -0.05) is 35.7 Å². The van der Waals surface area contributed by atoms with E-state index in [-0.39, 0.29) is 23.2 Å². The average Bonchev–Trinajstić information content (AvgIpc) is 3.33. The van der Waals surface area contributed by atoms with Gasteiger partial charge in [0.2, 0.25) is 15.0 Å². The molecule has 0 amide bonds. The highest BCUT2D eigenvalue weighted by molar-refractivity contribution is 7.90. The molecule has 0 bridgehead atoms. The minimum atomic E-state index is -3.32. The van der Waals surface area contributed by atoms with Crippen molar-refractivity contribution in [2.45, 2.75) is 56.4 Å². The number of allylic oxidation sites excluding steroid dienone is 1. The molecule has 2 fully saturated rings. The quantitative estimate of drug-likeness (QED) is 0.267. The molecule has 3 aromatic heterocycles. The van der Waals surface area contributed by atoms with Gasteiger partial charge in [0.15, 0.2) is 10.9 Å². The number of anilines is 2. The number of fused-ring (bicyclic) bond motifs is 2. The molecule has 1 aliphatic carbocycles. The Kier molecular flexibility index (Phi) is 6.61. The Morgan fingerprint density at radius 3 is 2.62 bits per heavy atom. The first-order valence-corrected chi connectivity index (χ1v) is 17.1. The van der Waals surface area contributed by atoms with Crippen LogP contribution >= 0.6 is 22.7 Å². The van der Waals surface area contributed by atoms with Crippen molar-refractivity contribution >= 4 is 48.6 Å². The molecule has 10 nitrogen and oxygen atoms in total. The standard InChI is InChI=1S/C28H29FN8O2S3/c1-4-20-26(34(2)27-32-24(22(15-30)40-27)16-7-9-17(29)10-8-16)37-28(31-20)41-25(33-37)19-14-23(36-13-5-6-21(19)36)35(3)42(38,39)18-11-12-18/h6-10,18-19,23H,4-5,11-14H2,1-3H3. The number of nitriles is 1. The van der Waals surface area contributed by atoms with E-state index in [1.165, 1.54) is 34.8 Å². The van der Waals surface area contributed by atoms with Crippen molar-refractivity contribution in [3.8, 4) is 17.3 Å². The number of rotatable bonds is 8. The van der Waals surface area contributed by atoms with Gasteiger partial charge in [-0.2, -0.15) is 19.2 Å². The lowest BCUT2D eigenvalue weighted by molar-refractivity contribution is 0.196. The average molecular weight is 625 g/mol. The monoisotopic (exact) mass is 624 g/mol. The van der Waals surface area contributed by atoms with Gasteiger partial charge in [-0.05, 0) is 56.4 Å². The SMILES string of the molecule is CCc1nc2sc(C3CC(N(C)S(=O)(=O)C4CC4)N4CCC=C34)nn2c1N(C)c1nc(-c2ccc(F)cc2)c(C#N)s1. The van der Waals surface area contributed by atoms with E-state index < -0.39 is 10.0 Å². The van der Waals surface area contributed by atoms with Crippen LogP contribution in [0, 0.1) is 17.1 Å². The third-order valence-corrected chi connectivity index (χ3v) is 12.7. The molecule has 7 rings (SSSR count). The van der Waals surface area contributed by atoms with Crippen molar-refractivity contribution in [3.05, 3.63) is 57.4 Å². The summed E-state index contributed by atoms with van der Waals surface area (Å²) in [6.07, 6.45) is 5.70. The van der Waals surface area contributed by atoms with Gasteiger partial charge in [-0.3, -0.25) is 0 Å². The van der Waals surface area contributed by atoms with Crippen LogP contribution in [0.5, 0.6) is 0 Å². The zero-order valence-electron chi connectivity index (χ0n) is 23.4. The van der Waals surface area contributed by atoms with E-state index in [1.807, 2.05) is 23.4 Å². The van der Waals surface area contributed by atoms with Gasteiger partial charge < -0.3 is 9.80 Å². The number of sulfonamides is 1. The van der Waals surface area contributed by atoms with E-state index in [9.17, 15) is 18.1 Å². The normalized spacial score (nSPS) is 20.4. The molecule has 42 heavy (non-hydrogen) atoms. The number of imidazole rings is 1. The van der Waals surface area contributed by atoms with Crippen molar-refractivity contribution in [1.29, 1.82) is 5.26 Å². The number of aryl methyl sites for hydroxylation is 1. The lowest BCUT2D eigenvalue weighted by atomic mass is 10.1. The van der Waals surface area contributed by atoms with Crippen molar-refractivity contribution in [1.82, 2.24) is 28.8 Å². The second-order valence-corrected chi connectivity index (χ2v) is 15.1. The summed E-state index contributed by atoms with van der Waals surface area (Å²) in [5.74, 6) is 0.415. The Morgan fingerprint density at radius 2 is 1.93 bits per heavy atom. The fraction of sp³-hybridized carbons (Fsp3) is 0.429. The number of thiazole rings is 1. The molecule has 1 saturated carbocycles. The van der Waals surface area contributed by atoms with E-state index in [2.05, 4.69) is 17.0 Å². The Balaban J connectivity index is 1.24. The van der Waals surface area contributed by atoms with E-state index in [4.69, 9.17) is 15.1 Å². The molecule has 0 spiro atoms. The van der Waals surface area contributed by atoms with Crippen LogP contribution in [-0.2, 0) is 16.4 Å². The third kappa shape index (κ3) is 4.33. The number of halogens is 1. The van der Waals surface area contributed by atoms with Gasteiger partial charge in [0, 0.05) is 31.9 Å². The Morgan fingerprint density at radius 1 is 1.17 bits per heavy atom. The molecule has 1 aromatic carbocycles. The van der Waals surface area contributed by atoms with Crippen LogP contribution in [0.15, 0.2) is 36.0 Å². The first kappa shape index (κ1) is 27.5. The number of aromatic nitrogens is 4. The van der Waals surface area contributed by atoms with Crippen LogP contribution in [0.3, 0.4) is 0 Å². The van der Waals surface area contributed by atoms with Crippen LogP contribution < -0.4 is 4.90 Å². The fourth-order valence-corrected chi connectivity index (χ4v) is 9.62. The predicted molar refractivity (Wildman–Crippen MR) is 161 cm³/mol. The van der Waals surface area contributed by atoms with Crippen molar-refractivity contribution in [2.24, 2.45) is 0 Å². The molecule has 0 N–H and O–H groups in total. The van der Waals surface area contributed by atoms with Crippen LogP contribution in [0.25, 0.3) is 16.2 Å². The summed E-state index contributed by atoms with van der Waals surface area (Å²) in [4.78, 5) is 15.0. The summed E-state index contributed by atoms with van der Waals surface area (Å²) in [5, 5.41) is 16.1. The molecule has 14 heteroatoms. The minimum absolute atomic E-state index is 0.0144. The highest BCUT2D eigenvalue weighted by Crippen LogP contribution is 2.47. The molecule has 3 aliphatic rings. The summed E-state index contributed by atoms with van der Waals surface area (Å²) < 4.78 is 43.2. The minimum Gasteiger partial charge on any atom is -0.357 e. The van der Waals surface area contributed by atoms with Crippen molar-refractivity contribution in [2.75, 3.05) is 25.5 Å². The predicted octanol–water partition coefficient (Wildman–Crippen LogP) is 5.08. The van der Waals surface area contributed by atoms with Gasteiger partial charge in [0.1, 0.15) is 27.5 Å². The first-order chi connectivity index (χ1) is 20.2. The maximum atomic E-state index is 13.5. The number of nitrogens with zero attached hydrogens (tertiary/aromatic N) is 8. The highest BCUT2D eigenvalue weighted by atomic mass is 32.2. The van der Waals surface area contributed by atoms with Gasteiger partial charge in [-0.25, -0.2) is 22.8 Å². The molecule has 2 unspecified atom stereocenters. The summed E-state index contributed by atoms with van der Waals surface area (Å²) >= 11 is 2.80. The maximum absolute atomic E-state index is 13.5. The van der Waals surface area contributed by atoms with E-state index >= 15 is 0 Å². The first-order valence-electron chi connectivity index (χ1n) is 13.9. The second-order valence-electron chi connectivity index (χ2n) is 10.9. The second kappa shape index (κ2) is 10.1. The molecular weight excluding hydrogens is 596 g/mol. The molecule has 218 valence electrons. The van der Waals surface area contributed by atoms with Gasteiger partial charge >= 0.3 is 0 Å². The van der Waals surface area contributed by atoms with Crippen LogP contribution in [-0.4, -0.2) is 69.3 Å². The maximum Gasteiger partial charge on any atom is 0.218 e. The van der Waals surface area contributed by atoms with Crippen molar-refractivity contribution in [3.63, 3.8) is 0 Å². The lowest BCUT2D eigenvalue weighted by Gasteiger charge is -2.31. The Bertz CT molecular complexity index is 1870. The lowest BCUT2D eigenvalue weighted by Crippen LogP contribution is -2.45. The van der Waals surface area contributed by atoms with E-state index in [1.54, 1.807) is 23.5 Å². The Hall–Kier alpha value is -3.38. The molecule has 2 atom stereocenters. The summed E-state index contributed by atoms with van der Waals surface area (Å²) in [7, 11) is 0.292. The van der Waals surface area contributed by atoms with Gasteiger partial charge in [0.25, 0.3) is 0 Å². The molecule has 0 radical (unpaired) electrons. The summed E-state index contributed by atoms with van der Waals surface area (Å²) in [6.45, 7) is 2.84. The van der Waals surface area contributed by atoms with Gasteiger partial charge in [-0.15, -0.1) is 0 Å². The fourth-order valence-electron chi connectivity index (χ4n) is 5.99. The van der Waals surface area contributed by atoms with E-state index in [0.717, 1.165) is 53.0 Å². The molecule has 2 aliphatic heterocycles. The molecule has 5 heterocycles. The Labute approximate surface area is 251 Å². The number of benzene rings is 1. The van der Waals surface area contributed by atoms with Gasteiger partial charge in [0.05, 0.1) is 23.0 Å². The highest BCUT2D eigenvalue weighted by Gasteiger charge is 2.48. The largest absolute Gasteiger partial charge is 0.357 e. The van der Waals surface area contributed by atoms with E-state index in [0.29, 0.717) is 34.1 Å². The number of hydrogen-bond acceptors (Lipinski definition) is 10. The summed E-state index contributed by atoms with van der Waals surface area (Å²) in [6, 6.07) is 8.20. The van der Waals surface area contributed by atoms with Crippen LogP contribution in [0.4, 0.5) is 15.3 Å². The van der Waals surface area contributed by atoms with Crippen molar-refractivity contribution < 1.29 is 12.8 Å². The summed E-state index contributed by atoms with van der Waals surface area (Å²) in [5.41, 5.74) is 3.19. The van der Waals surface area contributed by atoms with Crippen LogP contribution in [0.1, 0.15) is 54.1 Å². The zero-order valence-corrected chi connectivity index (χ0v) is 25.8. The smallest absolute Gasteiger partial charge is 0.218 e. The topological polar surface area (TPSA) is 111 Å². The van der Waals surface area contributed by atoms with Crippen LogP contribution in [0.2, 0.25) is 0 Å². The molecular formula is C28H29FN8O2S3.